The number of carboxylic acids is 1. The monoisotopic (exact) mass is 308 g/mol. The van der Waals surface area contributed by atoms with E-state index in [0.29, 0.717) is 26.1 Å². The molecule has 0 aliphatic carbocycles. The zero-order valence-corrected chi connectivity index (χ0v) is 13.7. The van der Waals surface area contributed by atoms with E-state index in [1.54, 1.807) is 0 Å². The molecule has 0 bridgehead atoms. The van der Waals surface area contributed by atoms with Gasteiger partial charge in [0.05, 0.1) is 6.61 Å². The highest BCUT2D eigenvalue weighted by Gasteiger charge is 2.38. The smallest absolute Gasteiger partial charge is 0.336 e. The molecule has 4 nitrogen and oxygen atoms in total. The molecule has 0 fully saturated rings. The molecule has 1 rings (SSSR count). The molecule has 0 saturated carbocycles. The van der Waals surface area contributed by atoms with E-state index in [0.717, 1.165) is 31.4 Å². The fourth-order valence-corrected chi connectivity index (χ4v) is 2.51. The highest BCUT2D eigenvalue weighted by molar-refractivity contribution is 5.77. The second kappa shape index (κ2) is 10.2. The van der Waals surface area contributed by atoms with Crippen molar-refractivity contribution in [2.24, 2.45) is 0 Å². The lowest BCUT2D eigenvalue weighted by Crippen LogP contribution is -2.43. The Kier molecular flexibility index (Phi) is 8.60. The highest BCUT2D eigenvalue weighted by atomic mass is 16.5. The standard InChI is InChI=1S/C18H28O4/c1-3-5-6-10-13-18(17(19)20,22-4-2)14-15-21-16-11-8-7-9-12-16/h7-9,11-12H,3-6,10,13-15H2,1-2H3,(H,19,20). The number of rotatable bonds is 12. The molecule has 1 unspecified atom stereocenters. The number of benzene rings is 1. The third kappa shape index (κ3) is 6.06. The van der Waals surface area contributed by atoms with Crippen molar-refractivity contribution in [3.63, 3.8) is 0 Å². The third-order valence-electron chi connectivity index (χ3n) is 3.76. The van der Waals surface area contributed by atoms with Gasteiger partial charge in [0.15, 0.2) is 5.60 Å². The van der Waals surface area contributed by atoms with Crippen LogP contribution >= 0.6 is 0 Å². The molecule has 1 atom stereocenters. The minimum Gasteiger partial charge on any atom is -0.493 e. The van der Waals surface area contributed by atoms with E-state index >= 15 is 0 Å². The van der Waals surface area contributed by atoms with Crippen LogP contribution < -0.4 is 4.74 Å². The lowest BCUT2D eigenvalue weighted by Gasteiger charge is -2.29. The Balaban J connectivity index is 2.57. The summed E-state index contributed by atoms with van der Waals surface area (Å²) in [5.74, 6) is -0.133. The highest BCUT2D eigenvalue weighted by Crippen LogP contribution is 2.25. The van der Waals surface area contributed by atoms with Gasteiger partial charge in [-0.2, -0.15) is 0 Å². The molecule has 1 N–H and O–H groups in total. The predicted octanol–water partition coefficient (Wildman–Crippen LogP) is 4.29. The van der Waals surface area contributed by atoms with Crippen molar-refractivity contribution in [2.75, 3.05) is 13.2 Å². The van der Waals surface area contributed by atoms with Gasteiger partial charge in [-0.1, -0.05) is 44.4 Å². The molecule has 0 aromatic heterocycles. The first kappa shape index (κ1) is 18.5. The normalized spacial score (nSPS) is 13.5. The molecule has 0 heterocycles. The van der Waals surface area contributed by atoms with Gasteiger partial charge < -0.3 is 14.6 Å². The van der Waals surface area contributed by atoms with Crippen molar-refractivity contribution in [1.82, 2.24) is 0 Å². The lowest BCUT2D eigenvalue weighted by atomic mass is 9.92. The molecule has 1 aromatic carbocycles. The van der Waals surface area contributed by atoms with E-state index in [1.165, 1.54) is 0 Å². The topological polar surface area (TPSA) is 55.8 Å². The SMILES string of the molecule is CCCCCCC(CCOc1ccccc1)(OCC)C(=O)O. The molecular weight excluding hydrogens is 280 g/mol. The quantitative estimate of drug-likeness (QED) is 0.585. The third-order valence-corrected chi connectivity index (χ3v) is 3.76. The zero-order chi connectivity index (χ0) is 16.3. The maximum atomic E-state index is 11.7. The molecule has 0 aliphatic heterocycles. The van der Waals surface area contributed by atoms with E-state index in [1.807, 2.05) is 37.3 Å². The Morgan fingerprint density at radius 1 is 1.09 bits per heavy atom. The average Bonchev–Trinajstić information content (AvgIpc) is 2.52. The average molecular weight is 308 g/mol. The number of unbranched alkanes of at least 4 members (excludes halogenated alkanes) is 3. The van der Waals surface area contributed by atoms with Crippen LogP contribution in [0.1, 0.15) is 52.4 Å². The molecule has 0 saturated heterocycles. The Bertz CT molecular complexity index is 418. The zero-order valence-electron chi connectivity index (χ0n) is 13.7. The van der Waals surface area contributed by atoms with E-state index in [4.69, 9.17) is 9.47 Å². The molecule has 1 aromatic rings. The van der Waals surface area contributed by atoms with Gasteiger partial charge in [0.25, 0.3) is 0 Å². The van der Waals surface area contributed by atoms with Crippen LogP contribution in [-0.2, 0) is 9.53 Å². The van der Waals surface area contributed by atoms with Crippen LogP contribution in [0, 0.1) is 0 Å². The van der Waals surface area contributed by atoms with Gasteiger partial charge in [-0.25, -0.2) is 4.79 Å². The summed E-state index contributed by atoms with van der Waals surface area (Å²) in [5, 5.41) is 9.63. The van der Waals surface area contributed by atoms with Crippen LogP contribution in [0.3, 0.4) is 0 Å². The van der Waals surface area contributed by atoms with Gasteiger partial charge in [0, 0.05) is 13.0 Å². The van der Waals surface area contributed by atoms with Crippen LogP contribution in [0.25, 0.3) is 0 Å². The molecule has 22 heavy (non-hydrogen) atoms. The number of carboxylic acid groups (broad SMARTS) is 1. The summed E-state index contributed by atoms with van der Waals surface area (Å²) < 4.78 is 11.3. The van der Waals surface area contributed by atoms with Crippen molar-refractivity contribution in [3.05, 3.63) is 30.3 Å². The number of carbonyl (C=O) groups is 1. The lowest BCUT2D eigenvalue weighted by molar-refractivity contribution is -0.168. The van der Waals surface area contributed by atoms with Crippen molar-refractivity contribution in [2.45, 2.75) is 58.0 Å². The van der Waals surface area contributed by atoms with Gasteiger partial charge in [-0.15, -0.1) is 0 Å². The van der Waals surface area contributed by atoms with Crippen molar-refractivity contribution >= 4 is 5.97 Å². The Morgan fingerprint density at radius 3 is 2.41 bits per heavy atom. The minimum absolute atomic E-state index is 0.337. The number of para-hydroxylation sites is 1. The molecular formula is C18H28O4. The van der Waals surface area contributed by atoms with Crippen LogP contribution in [0.5, 0.6) is 5.75 Å². The van der Waals surface area contributed by atoms with E-state index in [-0.39, 0.29) is 0 Å². The molecule has 4 heteroatoms. The second-order valence-electron chi connectivity index (χ2n) is 5.45. The fraction of sp³-hybridized carbons (Fsp3) is 0.611. The van der Waals surface area contributed by atoms with Gasteiger partial charge in [-0.3, -0.25) is 0 Å². The second-order valence-corrected chi connectivity index (χ2v) is 5.45. The minimum atomic E-state index is -1.13. The van der Waals surface area contributed by atoms with Gasteiger partial charge >= 0.3 is 5.97 Å². The summed E-state index contributed by atoms with van der Waals surface area (Å²) in [6, 6.07) is 9.44. The number of hydrogen-bond donors (Lipinski definition) is 1. The fourth-order valence-electron chi connectivity index (χ4n) is 2.51. The summed E-state index contributed by atoms with van der Waals surface area (Å²) in [6.07, 6.45) is 5.06. The molecule has 0 radical (unpaired) electrons. The van der Waals surface area contributed by atoms with Crippen LogP contribution in [0.4, 0.5) is 0 Å². The van der Waals surface area contributed by atoms with Gasteiger partial charge in [-0.05, 0) is 31.9 Å². The summed E-state index contributed by atoms with van der Waals surface area (Å²) in [4.78, 5) is 11.7. The largest absolute Gasteiger partial charge is 0.493 e. The first-order valence-corrected chi connectivity index (χ1v) is 8.20. The number of hydrogen-bond acceptors (Lipinski definition) is 3. The maximum Gasteiger partial charge on any atom is 0.336 e. The number of ether oxygens (including phenoxy) is 2. The molecule has 0 aliphatic rings. The first-order chi connectivity index (χ1) is 10.6. The van der Waals surface area contributed by atoms with Crippen LogP contribution in [-0.4, -0.2) is 29.9 Å². The summed E-state index contributed by atoms with van der Waals surface area (Å²) in [6.45, 7) is 4.71. The van der Waals surface area contributed by atoms with Gasteiger partial charge in [0.1, 0.15) is 5.75 Å². The molecule has 0 amide bonds. The van der Waals surface area contributed by atoms with Crippen molar-refractivity contribution < 1.29 is 19.4 Å². The van der Waals surface area contributed by atoms with E-state index < -0.39 is 11.6 Å². The summed E-state index contributed by atoms with van der Waals surface area (Å²) in [5.41, 5.74) is -1.13. The van der Waals surface area contributed by atoms with Gasteiger partial charge in [0.2, 0.25) is 0 Å². The van der Waals surface area contributed by atoms with Crippen molar-refractivity contribution in [3.8, 4) is 5.75 Å². The van der Waals surface area contributed by atoms with E-state index in [9.17, 15) is 9.90 Å². The Labute approximate surface area is 133 Å². The van der Waals surface area contributed by atoms with Crippen LogP contribution in [0.2, 0.25) is 0 Å². The van der Waals surface area contributed by atoms with Crippen LogP contribution in [0.15, 0.2) is 30.3 Å². The Hall–Kier alpha value is -1.55. The first-order valence-electron chi connectivity index (χ1n) is 8.20. The van der Waals surface area contributed by atoms with Crippen molar-refractivity contribution in [1.29, 1.82) is 0 Å². The maximum absolute atomic E-state index is 11.7. The summed E-state index contributed by atoms with van der Waals surface area (Å²) >= 11 is 0. The van der Waals surface area contributed by atoms with E-state index in [2.05, 4.69) is 6.92 Å². The molecule has 0 spiro atoms. The Morgan fingerprint density at radius 2 is 1.82 bits per heavy atom. The summed E-state index contributed by atoms with van der Waals surface area (Å²) in [7, 11) is 0. The number of aliphatic carboxylic acids is 1. The molecule has 124 valence electrons. The predicted molar refractivity (Wildman–Crippen MR) is 87.3 cm³/mol.